The van der Waals surface area contributed by atoms with Crippen LogP contribution in [0.1, 0.15) is 39.8 Å². The number of pyridine rings is 1. The van der Waals surface area contributed by atoms with Crippen molar-refractivity contribution in [1.29, 1.82) is 0 Å². The highest BCUT2D eigenvalue weighted by Crippen LogP contribution is 2.35. The molecule has 0 saturated carbocycles. The summed E-state index contributed by atoms with van der Waals surface area (Å²) in [5.41, 5.74) is 5.44. The monoisotopic (exact) mass is 412 g/mol. The summed E-state index contributed by atoms with van der Waals surface area (Å²) in [6.07, 6.45) is 1.12. The number of fused-ring (bicyclic) bond motifs is 1. The first kappa shape index (κ1) is 19.3. The molecule has 1 amide bonds. The van der Waals surface area contributed by atoms with Crippen LogP contribution >= 0.6 is 0 Å². The second kappa shape index (κ2) is 7.87. The molecular weight excluding hydrogens is 388 g/mol. The van der Waals surface area contributed by atoms with Crippen molar-refractivity contribution in [1.82, 2.24) is 10.1 Å². The number of carbonyl (C=O) groups is 1. The minimum absolute atomic E-state index is 0.269. The maximum Gasteiger partial charge on any atom is 0.277 e. The van der Waals surface area contributed by atoms with E-state index in [0.717, 1.165) is 41.8 Å². The van der Waals surface area contributed by atoms with Crippen molar-refractivity contribution in [3.05, 3.63) is 83.4 Å². The van der Waals surface area contributed by atoms with E-state index in [1.807, 2.05) is 25.1 Å². The van der Waals surface area contributed by atoms with Gasteiger partial charge in [0.1, 0.15) is 5.76 Å². The van der Waals surface area contributed by atoms with Gasteiger partial charge in [0.05, 0.1) is 5.52 Å². The molecule has 2 aromatic carbocycles. The number of nitrogens with one attached hydrogen (secondary N) is 1. The summed E-state index contributed by atoms with van der Waals surface area (Å²) in [4.78, 5) is 19.6. The summed E-state index contributed by atoms with van der Waals surface area (Å²) in [5.74, 6) is 0.832. The van der Waals surface area contributed by atoms with Crippen molar-refractivity contribution in [3.8, 4) is 0 Å². The molecular formula is C25H24N4O2. The van der Waals surface area contributed by atoms with Gasteiger partial charge in [-0.2, -0.15) is 0 Å². The van der Waals surface area contributed by atoms with E-state index in [1.54, 1.807) is 13.0 Å². The van der Waals surface area contributed by atoms with Crippen LogP contribution in [0.4, 0.5) is 11.4 Å². The van der Waals surface area contributed by atoms with Gasteiger partial charge in [0.25, 0.3) is 5.91 Å². The average Bonchev–Trinajstić information content (AvgIpc) is 3.43. The number of carbonyl (C=O) groups excluding carboxylic acids is 1. The third kappa shape index (κ3) is 3.89. The Morgan fingerprint density at radius 3 is 2.71 bits per heavy atom. The van der Waals surface area contributed by atoms with E-state index in [9.17, 15) is 4.79 Å². The Kier molecular flexibility index (Phi) is 4.90. The summed E-state index contributed by atoms with van der Waals surface area (Å²) < 4.78 is 5.01. The molecule has 6 heteroatoms. The molecule has 1 unspecified atom stereocenters. The molecule has 2 aromatic heterocycles. The van der Waals surface area contributed by atoms with E-state index in [0.29, 0.717) is 17.4 Å². The standard InChI is InChI=1S/C25H24N4O2/c1-16-12-24(29-11-10-19(15-29)18-6-4-3-5-7-18)21-14-20(8-9-22(21)26-16)27-25(30)23-13-17(2)31-28-23/h3-9,12-14,19H,10-11,15H2,1-2H3,(H,27,30). The first-order valence-corrected chi connectivity index (χ1v) is 10.5. The van der Waals surface area contributed by atoms with Crippen LogP contribution < -0.4 is 10.2 Å². The highest BCUT2D eigenvalue weighted by atomic mass is 16.5. The molecule has 0 bridgehead atoms. The number of rotatable bonds is 4. The topological polar surface area (TPSA) is 71.3 Å². The van der Waals surface area contributed by atoms with Gasteiger partial charge in [-0.1, -0.05) is 35.5 Å². The Hall–Kier alpha value is -3.67. The molecule has 1 aliphatic rings. The Morgan fingerprint density at radius 1 is 1.10 bits per heavy atom. The third-order valence-electron chi connectivity index (χ3n) is 5.83. The fourth-order valence-electron chi connectivity index (χ4n) is 4.32. The number of amides is 1. The Morgan fingerprint density at radius 2 is 1.94 bits per heavy atom. The number of aromatic nitrogens is 2. The van der Waals surface area contributed by atoms with Crippen molar-refractivity contribution >= 4 is 28.2 Å². The summed E-state index contributed by atoms with van der Waals surface area (Å²) >= 11 is 0. The number of nitrogens with zero attached hydrogens (tertiary/aromatic N) is 3. The second-order valence-electron chi connectivity index (χ2n) is 8.13. The summed E-state index contributed by atoms with van der Waals surface area (Å²) in [5, 5.41) is 7.75. The smallest absolute Gasteiger partial charge is 0.277 e. The molecule has 1 N–H and O–H groups in total. The predicted molar refractivity (Wildman–Crippen MR) is 122 cm³/mol. The number of benzene rings is 2. The summed E-state index contributed by atoms with van der Waals surface area (Å²) in [7, 11) is 0. The predicted octanol–water partition coefficient (Wildman–Crippen LogP) is 5.09. The third-order valence-corrected chi connectivity index (χ3v) is 5.83. The van der Waals surface area contributed by atoms with Gasteiger partial charge in [0.2, 0.25) is 0 Å². The van der Waals surface area contributed by atoms with Crippen LogP contribution in [0.5, 0.6) is 0 Å². The Labute approximate surface area is 180 Å². The molecule has 1 saturated heterocycles. The van der Waals surface area contributed by atoms with Gasteiger partial charge in [0, 0.05) is 47.5 Å². The molecule has 31 heavy (non-hydrogen) atoms. The van der Waals surface area contributed by atoms with Crippen LogP contribution in [0.3, 0.4) is 0 Å². The van der Waals surface area contributed by atoms with Crippen LogP contribution in [0.15, 0.2) is 65.2 Å². The molecule has 156 valence electrons. The van der Waals surface area contributed by atoms with Crippen LogP contribution in [0, 0.1) is 13.8 Å². The normalized spacial score (nSPS) is 16.1. The van der Waals surface area contributed by atoms with Crippen molar-refractivity contribution in [2.45, 2.75) is 26.2 Å². The van der Waals surface area contributed by atoms with Crippen molar-refractivity contribution in [2.75, 3.05) is 23.3 Å². The van der Waals surface area contributed by atoms with E-state index >= 15 is 0 Å². The lowest BCUT2D eigenvalue weighted by Gasteiger charge is -2.22. The van der Waals surface area contributed by atoms with Crippen LogP contribution in [-0.2, 0) is 0 Å². The molecule has 1 atom stereocenters. The van der Waals surface area contributed by atoms with E-state index in [-0.39, 0.29) is 11.6 Å². The van der Waals surface area contributed by atoms with Gasteiger partial charge in [-0.25, -0.2) is 0 Å². The molecule has 3 heterocycles. The Bertz CT molecular complexity index is 1250. The summed E-state index contributed by atoms with van der Waals surface area (Å²) in [6.45, 7) is 5.75. The van der Waals surface area contributed by atoms with E-state index in [1.165, 1.54) is 5.56 Å². The van der Waals surface area contributed by atoms with E-state index < -0.39 is 0 Å². The molecule has 5 rings (SSSR count). The zero-order valence-electron chi connectivity index (χ0n) is 17.6. The molecule has 1 aliphatic heterocycles. The van der Waals surface area contributed by atoms with Gasteiger partial charge in [-0.3, -0.25) is 9.78 Å². The number of anilines is 2. The van der Waals surface area contributed by atoms with Gasteiger partial charge in [-0.15, -0.1) is 0 Å². The first-order chi connectivity index (χ1) is 15.1. The lowest BCUT2D eigenvalue weighted by Crippen LogP contribution is -2.20. The second-order valence-corrected chi connectivity index (χ2v) is 8.13. The fourth-order valence-corrected chi connectivity index (χ4v) is 4.32. The molecule has 0 radical (unpaired) electrons. The van der Waals surface area contributed by atoms with Crippen LogP contribution in [0.2, 0.25) is 0 Å². The highest BCUT2D eigenvalue weighted by molar-refractivity contribution is 6.04. The first-order valence-electron chi connectivity index (χ1n) is 10.5. The summed E-state index contributed by atoms with van der Waals surface area (Å²) in [6, 6.07) is 20.3. The van der Waals surface area contributed by atoms with Gasteiger partial charge in [-0.05, 0) is 50.1 Å². The average molecular weight is 412 g/mol. The minimum atomic E-state index is -0.289. The SMILES string of the molecule is Cc1cc(N2CCC(c3ccccc3)C2)c2cc(NC(=O)c3cc(C)on3)ccc2n1. The van der Waals surface area contributed by atoms with Gasteiger partial charge >= 0.3 is 0 Å². The van der Waals surface area contributed by atoms with Crippen molar-refractivity contribution < 1.29 is 9.32 Å². The molecule has 1 fully saturated rings. The van der Waals surface area contributed by atoms with E-state index in [4.69, 9.17) is 9.51 Å². The fraction of sp³-hybridized carbons (Fsp3) is 0.240. The lowest BCUT2D eigenvalue weighted by molar-refractivity contribution is 0.101. The maximum absolute atomic E-state index is 12.5. The minimum Gasteiger partial charge on any atom is -0.370 e. The van der Waals surface area contributed by atoms with E-state index in [2.05, 4.69) is 51.8 Å². The number of hydrogen-bond donors (Lipinski definition) is 1. The largest absolute Gasteiger partial charge is 0.370 e. The molecule has 4 aromatic rings. The zero-order valence-corrected chi connectivity index (χ0v) is 17.6. The Balaban J connectivity index is 1.45. The van der Waals surface area contributed by atoms with Crippen molar-refractivity contribution in [3.63, 3.8) is 0 Å². The molecule has 6 nitrogen and oxygen atoms in total. The number of aryl methyl sites for hydroxylation is 2. The van der Waals surface area contributed by atoms with Gasteiger partial charge < -0.3 is 14.7 Å². The molecule has 0 spiro atoms. The molecule has 0 aliphatic carbocycles. The maximum atomic E-state index is 12.5. The zero-order chi connectivity index (χ0) is 21.4. The lowest BCUT2D eigenvalue weighted by atomic mass is 9.99. The quantitative estimate of drug-likeness (QED) is 0.506. The van der Waals surface area contributed by atoms with Crippen LogP contribution in [0.25, 0.3) is 10.9 Å². The number of hydrogen-bond acceptors (Lipinski definition) is 5. The highest BCUT2D eigenvalue weighted by Gasteiger charge is 2.25. The van der Waals surface area contributed by atoms with Crippen LogP contribution in [-0.4, -0.2) is 29.1 Å². The van der Waals surface area contributed by atoms with Crippen molar-refractivity contribution in [2.24, 2.45) is 0 Å². The van der Waals surface area contributed by atoms with Gasteiger partial charge in [0.15, 0.2) is 5.69 Å².